The number of aromatic nitrogens is 1. The third kappa shape index (κ3) is 4.04. The van der Waals surface area contributed by atoms with E-state index in [0.717, 1.165) is 5.56 Å². The van der Waals surface area contributed by atoms with E-state index in [1.54, 1.807) is 12.3 Å². The van der Waals surface area contributed by atoms with Gasteiger partial charge >= 0.3 is 6.36 Å². The van der Waals surface area contributed by atoms with Crippen LogP contribution in [-0.2, 0) is 13.0 Å². The predicted octanol–water partition coefficient (Wildman–Crippen LogP) is 4.01. The van der Waals surface area contributed by atoms with Gasteiger partial charge in [0.2, 0.25) is 0 Å². The molecule has 22 heavy (non-hydrogen) atoms. The molecule has 0 saturated carbocycles. The monoisotopic (exact) mass is 331 g/mol. The second-order valence-corrected chi connectivity index (χ2v) is 5.01. The summed E-state index contributed by atoms with van der Waals surface area (Å²) in [5.74, 6) is -0.303. The lowest BCUT2D eigenvalue weighted by Crippen LogP contribution is -2.21. The number of ether oxygens (including phenoxy) is 1. The molecule has 0 N–H and O–H groups in total. The van der Waals surface area contributed by atoms with Crippen LogP contribution in [0.25, 0.3) is 0 Å². The van der Waals surface area contributed by atoms with Crippen molar-refractivity contribution in [3.8, 4) is 5.75 Å². The van der Waals surface area contributed by atoms with E-state index < -0.39 is 6.36 Å². The molecule has 1 heterocycles. The third-order valence-corrected chi connectivity index (χ3v) is 3.48. The molecule has 0 unspecified atom stereocenters. The molecule has 7 heteroatoms. The molecule has 0 radical (unpaired) electrons. The standard InChI is InChI=1S/C15H13ClF3NO2/c1-2-11-7-8-20(14(21)13(11)16)9-10-3-5-12(6-4-10)22-15(17,18)19/h3-8H,2,9H2,1H3. The normalized spacial score (nSPS) is 11.5. The summed E-state index contributed by atoms with van der Waals surface area (Å²) in [5.41, 5.74) is 1.10. The average molecular weight is 332 g/mol. The second-order valence-electron chi connectivity index (χ2n) is 4.63. The van der Waals surface area contributed by atoms with Gasteiger partial charge in [-0.15, -0.1) is 13.2 Å². The molecule has 0 aliphatic carbocycles. The maximum atomic E-state index is 12.1. The molecule has 1 aromatic heterocycles. The number of hydrogen-bond acceptors (Lipinski definition) is 2. The molecule has 0 aliphatic rings. The maximum absolute atomic E-state index is 12.1. The summed E-state index contributed by atoms with van der Waals surface area (Å²) in [4.78, 5) is 12.1. The Kier molecular flexibility index (Phi) is 4.81. The van der Waals surface area contributed by atoms with Crippen LogP contribution in [0.4, 0.5) is 13.2 Å². The zero-order valence-corrected chi connectivity index (χ0v) is 12.4. The largest absolute Gasteiger partial charge is 0.573 e. The van der Waals surface area contributed by atoms with Gasteiger partial charge in [0.25, 0.3) is 5.56 Å². The van der Waals surface area contributed by atoms with Crippen LogP contribution in [0, 0.1) is 0 Å². The van der Waals surface area contributed by atoms with Crippen molar-refractivity contribution in [2.24, 2.45) is 0 Å². The highest BCUT2D eigenvalue weighted by Crippen LogP contribution is 2.23. The quantitative estimate of drug-likeness (QED) is 0.847. The molecule has 2 rings (SSSR count). The van der Waals surface area contributed by atoms with Crippen molar-refractivity contribution < 1.29 is 17.9 Å². The van der Waals surface area contributed by atoms with Crippen LogP contribution in [0.15, 0.2) is 41.3 Å². The summed E-state index contributed by atoms with van der Waals surface area (Å²) in [6.45, 7) is 2.11. The van der Waals surface area contributed by atoms with Crippen molar-refractivity contribution in [3.63, 3.8) is 0 Å². The van der Waals surface area contributed by atoms with Crippen molar-refractivity contribution in [3.05, 3.63) is 63.0 Å². The highest BCUT2D eigenvalue weighted by molar-refractivity contribution is 6.31. The first kappa shape index (κ1) is 16.4. The van der Waals surface area contributed by atoms with E-state index >= 15 is 0 Å². The molecule has 2 aromatic rings. The van der Waals surface area contributed by atoms with Crippen LogP contribution in [0.3, 0.4) is 0 Å². The van der Waals surface area contributed by atoms with Crippen LogP contribution < -0.4 is 10.3 Å². The SMILES string of the molecule is CCc1ccn(Cc2ccc(OC(F)(F)F)cc2)c(=O)c1Cl. The highest BCUT2D eigenvalue weighted by atomic mass is 35.5. The summed E-state index contributed by atoms with van der Waals surface area (Å²) in [7, 11) is 0. The molecule has 0 aliphatic heterocycles. The molecule has 3 nitrogen and oxygen atoms in total. The Morgan fingerprint density at radius 2 is 1.82 bits per heavy atom. The molecular weight excluding hydrogens is 319 g/mol. The number of benzene rings is 1. The van der Waals surface area contributed by atoms with Crippen LogP contribution in [0.2, 0.25) is 5.02 Å². The smallest absolute Gasteiger partial charge is 0.406 e. The van der Waals surface area contributed by atoms with Crippen LogP contribution in [0.5, 0.6) is 5.75 Å². The fourth-order valence-corrected chi connectivity index (χ4v) is 2.28. The third-order valence-electron chi connectivity index (χ3n) is 3.08. The number of rotatable bonds is 4. The molecule has 0 spiro atoms. The van der Waals surface area contributed by atoms with Crippen molar-refractivity contribution in [1.29, 1.82) is 0 Å². The molecule has 0 saturated heterocycles. The van der Waals surface area contributed by atoms with E-state index in [1.165, 1.54) is 28.8 Å². The summed E-state index contributed by atoms with van der Waals surface area (Å²) >= 11 is 5.98. The van der Waals surface area contributed by atoms with Crippen LogP contribution in [0.1, 0.15) is 18.1 Å². The van der Waals surface area contributed by atoms with E-state index in [4.69, 9.17) is 11.6 Å². The van der Waals surface area contributed by atoms with E-state index in [-0.39, 0.29) is 22.9 Å². The van der Waals surface area contributed by atoms with Gasteiger partial charge in [-0.2, -0.15) is 0 Å². The molecule has 0 amide bonds. The molecule has 0 fully saturated rings. The predicted molar refractivity (Wildman–Crippen MR) is 77.3 cm³/mol. The Morgan fingerprint density at radius 3 is 2.36 bits per heavy atom. The molecule has 1 aromatic carbocycles. The highest BCUT2D eigenvalue weighted by Gasteiger charge is 2.30. The fraction of sp³-hybridized carbons (Fsp3) is 0.267. The number of pyridine rings is 1. The summed E-state index contributed by atoms with van der Waals surface area (Å²) in [6.07, 6.45) is -2.45. The van der Waals surface area contributed by atoms with Crippen molar-refractivity contribution in [2.75, 3.05) is 0 Å². The summed E-state index contributed by atoms with van der Waals surface area (Å²) in [6, 6.07) is 7.10. The molecule has 0 bridgehead atoms. The molecular formula is C15H13ClF3NO2. The first-order chi connectivity index (χ1) is 10.3. The van der Waals surface area contributed by atoms with Gasteiger partial charge in [-0.1, -0.05) is 30.7 Å². The number of alkyl halides is 3. The van der Waals surface area contributed by atoms with E-state index in [0.29, 0.717) is 12.0 Å². The minimum absolute atomic E-state index is 0.169. The summed E-state index contributed by atoms with van der Waals surface area (Å²) in [5, 5.41) is 0.169. The van der Waals surface area contributed by atoms with Gasteiger partial charge in [0.15, 0.2) is 0 Å². The number of aryl methyl sites for hydroxylation is 1. The minimum atomic E-state index is -4.72. The lowest BCUT2D eigenvalue weighted by atomic mass is 10.2. The minimum Gasteiger partial charge on any atom is -0.406 e. The van der Waals surface area contributed by atoms with E-state index in [2.05, 4.69) is 4.74 Å². The number of halogens is 4. The van der Waals surface area contributed by atoms with E-state index in [1.807, 2.05) is 6.92 Å². The van der Waals surface area contributed by atoms with Gasteiger partial charge in [-0.05, 0) is 35.7 Å². The lowest BCUT2D eigenvalue weighted by Gasteiger charge is -2.11. The van der Waals surface area contributed by atoms with Gasteiger partial charge in [-0.3, -0.25) is 4.79 Å². The van der Waals surface area contributed by atoms with Crippen molar-refractivity contribution in [2.45, 2.75) is 26.3 Å². The summed E-state index contributed by atoms with van der Waals surface area (Å²) < 4.78 is 41.4. The fourth-order valence-electron chi connectivity index (χ4n) is 1.98. The van der Waals surface area contributed by atoms with Crippen molar-refractivity contribution >= 4 is 11.6 Å². The first-order valence-electron chi connectivity index (χ1n) is 6.52. The Hall–Kier alpha value is -1.95. The Labute approximate surface area is 129 Å². The van der Waals surface area contributed by atoms with Gasteiger partial charge in [0, 0.05) is 6.20 Å². The Bertz CT molecular complexity index is 708. The second kappa shape index (κ2) is 6.44. The van der Waals surface area contributed by atoms with Crippen molar-refractivity contribution in [1.82, 2.24) is 4.57 Å². The van der Waals surface area contributed by atoms with E-state index in [9.17, 15) is 18.0 Å². The number of hydrogen-bond donors (Lipinski definition) is 0. The maximum Gasteiger partial charge on any atom is 0.573 e. The Morgan fingerprint density at radius 1 is 1.18 bits per heavy atom. The van der Waals surface area contributed by atoms with Gasteiger partial charge in [0.05, 0.1) is 6.54 Å². The zero-order valence-electron chi connectivity index (χ0n) is 11.7. The average Bonchev–Trinajstić information content (AvgIpc) is 2.45. The Balaban J connectivity index is 2.18. The topological polar surface area (TPSA) is 31.2 Å². The van der Waals surface area contributed by atoms with Crippen LogP contribution >= 0.6 is 11.6 Å². The van der Waals surface area contributed by atoms with Gasteiger partial charge < -0.3 is 9.30 Å². The lowest BCUT2D eigenvalue weighted by molar-refractivity contribution is -0.274. The van der Waals surface area contributed by atoms with Gasteiger partial charge in [-0.25, -0.2) is 0 Å². The molecule has 0 atom stereocenters. The van der Waals surface area contributed by atoms with Crippen LogP contribution in [-0.4, -0.2) is 10.9 Å². The first-order valence-corrected chi connectivity index (χ1v) is 6.90. The molecule has 118 valence electrons. The number of nitrogens with zero attached hydrogens (tertiary/aromatic N) is 1. The van der Waals surface area contributed by atoms with Gasteiger partial charge in [0.1, 0.15) is 10.8 Å². The zero-order chi connectivity index (χ0) is 16.3.